The van der Waals surface area contributed by atoms with Gasteiger partial charge in [-0.05, 0) is 55.0 Å². The van der Waals surface area contributed by atoms with Gasteiger partial charge >= 0.3 is 0 Å². The van der Waals surface area contributed by atoms with E-state index in [1.165, 1.54) is 11.1 Å². The van der Waals surface area contributed by atoms with Crippen molar-refractivity contribution in [2.75, 3.05) is 5.32 Å². The van der Waals surface area contributed by atoms with Crippen LogP contribution in [0.3, 0.4) is 0 Å². The number of nitrogens with zero attached hydrogens (tertiary/aromatic N) is 2. The zero-order valence-corrected chi connectivity index (χ0v) is 16.0. The second-order valence-corrected chi connectivity index (χ2v) is 7.52. The highest BCUT2D eigenvalue weighted by Gasteiger charge is 2.25. The van der Waals surface area contributed by atoms with Crippen LogP contribution in [0.1, 0.15) is 41.1 Å². The SMILES string of the molecule is Cc1cnn(C2CCCc3ccccc32)c1NC(=O)Cc1ccc(Cl)cc1. The average molecular weight is 380 g/mol. The van der Waals surface area contributed by atoms with Crippen LogP contribution in [-0.2, 0) is 17.6 Å². The third kappa shape index (κ3) is 3.76. The summed E-state index contributed by atoms with van der Waals surface area (Å²) in [5, 5.41) is 8.34. The minimum atomic E-state index is -0.0498. The van der Waals surface area contributed by atoms with Gasteiger partial charge in [-0.2, -0.15) is 5.10 Å². The molecular formula is C22H22ClN3O. The van der Waals surface area contributed by atoms with Gasteiger partial charge < -0.3 is 5.32 Å². The van der Waals surface area contributed by atoms with Gasteiger partial charge in [0.1, 0.15) is 5.82 Å². The van der Waals surface area contributed by atoms with Crippen molar-refractivity contribution in [3.8, 4) is 0 Å². The third-order valence-corrected chi connectivity index (χ3v) is 5.40. The number of carbonyl (C=O) groups excluding carboxylic acids is 1. The molecule has 0 bridgehead atoms. The molecule has 2 aromatic carbocycles. The first-order chi connectivity index (χ1) is 13.1. The molecule has 0 spiro atoms. The van der Waals surface area contributed by atoms with Crippen LogP contribution < -0.4 is 5.32 Å². The Kier molecular flexibility index (Phi) is 4.99. The van der Waals surface area contributed by atoms with Crippen molar-refractivity contribution < 1.29 is 4.79 Å². The van der Waals surface area contributed by atoms with Crippen LogP contribution in [0.15, 0.2) is 54.7 Å². The maximum absolute atomic E-state index is 12.6. The minimum absolute atomic E-state index is 0.0498. The van der Waals surface area contributed by atoms with Crippen LogP contribution >= 0.6 is 11.6 Å². The van der Waals surface area contributed by atoms with E-state index in [2.05, 4.69) is 34.7 Å². The van der Waals surface area contributed by atoms with Gasteiger partial charge in [0.15, 0.2) is 0 Å². The van der Waals surface area contributed by atoms with Crippen LogP contribution in [0.5, 0.6) is 0 Å². The summed E-state index contributed by atoms with van der Waals surface area (Å²) in [5.41, 5.74) is 4.59. The number of hydrogen-bond donors (Lipinski definition) is 1. The lowest BCUT2D eigenvalue weighted by Gasteiger charge is -2.27. The molecule has 1 unspecified atom stereocenters. The van der Waals surface area contributed by atoms with Gasteiger partial charge in [-0.25, -0.2) is 4.68 Å². The van der Waals surface area contributed by atoms with E-state index < -0.39 is 0 Å². The highest BCUT2D eigenvalue weighted by molar-refractivity contribution is 6.30. The molecule has 0 fully saturated rings. The van der Waals surface area contributed by atoms with Crippen molar-refractivity contribution in [2.24, 2.45) is 0 Å². The number of amides is 1. The Morgan fingerprint density at radius 3 is 2.81 bits per heavy atom. The molecule has 27 heavy (non-hydrogen) atoms. The fourth-order valence-electron chi connectivity index (χ4n) is 3.79. The molecule has 0 saturated heterocycles. The third-order valence-electron chi connectivity index (χ3n) is 5.15. The molecule has 5 heteroatoms. The number of aryl methyl sites for hydroxylation is 2. The normalized spacial score (nSPS) is 16.0. The van der Waals surface area contributed by atoms with Gasteiger partial charge in [0.25, 0.3) is 0 Å². The standard InChI is InChI=1S/C22H22ClN3O/c1-15-14-24-26(20-8-4-6-17-5-2-3-7-19(17)20)22(15)25-21(27)13-16-9-11-18(23)12-10-16/h2-3,5,7,9-12,14,20H,4,6,8,13H2,1H3,(H,25,27). The molecule has 0 aliphatic heterocycles. The summed E-state index contributed by atoms with van der Waals surface area (Å²) in [4.78, 5) is 12.6. The second-order valence-electron chi connectivity index (χ2n) is 7.08. The van der Waals surface area contributed by atoms with Crippen molar-refractivity contribution in [1.82, 2.24) is 9.78 Å². The van der Waals surface area contributed by atoms with Crippen molar-refractivity contribution in [3.63, 3.8) is 0 Å². The number of rotatable bonds is 4. The van der Waals surface area contributed by atoms with Gasteiger partial charge in [-0.15, -0.1) is 0 Å². The monoisotopic (exact) mass is 379 g/mol. The summed E-state index contributed by atoms with van der Waals surface area (Å²) in [6, 6.07) is 16.1. The number of nitrogens with one attached hydrogen (secondary N) is 1. The van der Waals surface area contributed by atoms with Crippen molar-refractivity contribution in [3.05, 3.63) is 82.0 Å². The molecule has 1 heterocycles. The quantitative estimate of drug-likeness (QED) is 0.697. The molecule has 1 aromatic heterocycles. The molecule has 138 valence electrons. The number of aromatic nitrogens is 2. The van der Waals surface area contributed by atoms with E-state index in [-0.39, 0.29) is 11.9 Å². The molecular weight excluding hydrogens is 358 g/mol. The van der Waals surface area contributed by atoms with Gasteiger partial charge in [-0.3, -0.25) is 4.79 Å². The summed E-state index contributed by atoms with van der Waals surface area (Å²) in [6.45, 7) is 1.98. The van der Waals surface area contributed by atoms with Crippen molar-refractivity contribution in [2.45, 2.75) is 38.6 Å². The molecule has 0 saturated carbocycles. The van der Waals surface area contributed by atoms with Gasteiger partial charge in [0.2, 0.25) is 5.91 Å². The molecule has 1 aliphatic rings. The number of hydrogen-bond acceptors (Lipinski definition) is 2. The summed E-state index contributed by atoms with van der Waals surface area (Å²) in [5.74, 6) is 0.738. The Labute approximate surface area is 164 Å². The van der Waals surface area contributed by atoms with Crippen molar-refractivity contribution in [1.29, 1.82) is 0 Å². The van der Waals surface area contributed by atoms with Crippen LogP contribution in [0.25, 0.3) is 0 Å². The summed E-state index contributed by atoms with van der Waals surface area (Å²) in [6.07, 6.45) is 5.39. The van der Waals surface area contributed by atoms with Crippen LogP contribution in [0.4, 0.5) is 5.82 Å². The Morgan fingerprint density at radius 1 is 1.22 bits per heavy atom. The zero-order valence-electron chi connectivity index (χ0n) is 15.3. The molecule has 3 aromatic rings. The van der Waals surface area contributed by atoms with E-state index in [1.54, 1.807) is 12.1 Å². The smallest absolute Gasteiger partial charge is 0.229 e. The molecule has 1 atom stereocenters. The molecule has 1 amide bonds. The number of benzene rings is 2. The fraction of sp³-hybridized carbons (Fsp3) is 0.273. The largest absolute Gasteiger partial charge is 0.310 e. The summed E-state index contributed by atoms with van der Waals surface area (Å²) >= 11 is 5.92. The van der Waals surface area contributed by atoms with Crippen molar-refractivity contribution >= 4 is 23.3 Å². The van der Waals surface area contributed by atoms with E-state index in [4.69, 9.17) is 11.6 Å². The number of fused-ring (bicyclic) bond motifs is 1. The Balaban J connectivity index is 1.57. The van der Waals surface area contributed by atoms with Gasteiger partial charge in [0, 0.05) is 10.6 Å². The van der Waals surface area contributed by atoms with E-state index in [1.807, 2.05) is 29.9 Å². The number of halogens is 1. The fourth-order valence-corrected chi connectivity index (χ4v) is 3.91. The van der Waals surface area contributed by atoms with E-state index in [0.717, 1.165) is 36.2 Å². The Hall–Kier alpha value is -2.59. The first-order valence-corrected chi connectivity index (χ1v) is 9.66. The maximum atomic E-state index is 12.6. The topological polar surface area (TPSA) is 46.9 Å². The Morgan fingerprint density at radius 2 is 2.00 bits per heavy atom. The lowest BCUT2D eigenvalue weighted by Crippen LogP contribution is -2.23. The highest BCUT2D eigenvalue weighted by Crippen LogP contribution is 2.35. The number of anilines is 1. The lowest BCUT2D eigenvalue weighted by molar-refractivity contribution is -0.115. The molecule has 4 rings (SSSR count). The Bertz CT molecular complexity index is 962. The average Bonchev–Trinajstić information content (AvgIpc) is 3.03. The second kappa shape index (κ2) is 7.57. The predicted octanol–water partition coefficient (Wildman–Crippen LogP) is 4.95. The summed E-state index contributed by atoms with van der Waals surface area (Å²) in [7, 11) is 0. The van der Waals surface area contributed by atoms with Crippen LogP contribution in [0, 0.1) is 6.92 Å². The molecule has 0 radical (unpaired) electrons. The molecule has 1 aliphatic carbocycles. The van der Waals surface area contributed by atoms with Gasteiger partial charge in [0.05, 0.1) is 18.7 Å². The van der Waals surface area contributed by atoms with Crippen LogP contribution in [0.2, 0.25) is 5.02 Å². The van der Waals surface area contributed by atoms with Crippen LogP contribution in [-0.4, -0.2) is 15.7 Å². The molecule has 4 nitrogen and oxygen atoms in total. The van der Waals surface area contributed by atoms with E-state index >= 15 is 0 Å². The first kappa shape index (κ1) is 17.8. The minimum Gasteiger partial charge on any atom is -0.310 e. The van der Waals surface area contributed by atoms with Gasteiger partial charge in [-0.1, -0.05) is 48.0 Å². The number of carbonyl (C=O) groups is 1. The molecule has 1 N–H and O–H groups in total. The lowest BCUT2D eigenvalue weighted by atomic mass is 9.88. The zero-order chi connectivity index (χ0) is 18.8. The predicted molar refractivity (Wildman–Crippen MR) is 108 cm³/mol. The van der Waals surface area contributed by atoms with E-state index in [9.17, 15) is 4.79 Å². The maximum Gasteiger partial charge on any atom is 0.229 e. The van der Waals surface area contributed by atoms with E-state index in [0.29, 0.717) is 11.4 Å². The first-order valence-electron chi connectivity index (χ1n) is 9.28. The summed E-state index contributed by atoms with van der Waals surface area (Å²) < 4.78 is 1.98. The highest BCUT2D eigenvalue weighted by atomic mass is 35.5.